The number of aryl methyl sites for hydroxylation is 1. The molecule has 4 rings (SSSR count). The molecule has 0 bridgehead atoms. The van der Waals surface area contributed by atoms with Crippen molar-refractivity contribution < 1.29 is 9.47 Å². The second-order valence-corrected chi connectivity index (χ2v) is 7.58. The van der Waals surface area contributed by atoms with Gasteiger partial charge in [-0.15, -0.1) is 0 Å². The van der Waals surface area contributed by atoms with Gasteiger partial charge in [0.05, 0.1) is 0 Å². The molecule has 4 aromatic carbocycles. The Morgan fingerprint density at radius 1 is 0.529 bits per heavy atom. The topological polar surface area (TPSA) is 21.7 Å². The zero-order valence-electron chi connectivity index (χ0n) is 21.3. The van der Waals surface area contributed by atoms with Crippen molar-refractivity contribution in [2.75, 3.05) is 11.9 Å². The fourth-order valence-corrected chi connectivity index (χ4v) is 2.99. The van der Waals surface area contributed by atoms with Crippen molar-refractivity contribution >= 4 is 11.4 Å². The van der Waals surface area contributed by atoms with Crippen LogP contribution < -0.4 is 14.4 Å². The molecule has 0 saturated carbocycles. The summed E-state index contributed by atoms with van der Waals surface area (Å²) >= 11 is 0. The molecular formula is C31H37NO2. The molecule has 178 valence electrons. The number of hydrogen-bond donors (Lipinski definition) is 0. The maximum Gasteiger partial charge on any atom is 0.127 e. The van der Waals surface area contributed by atoms with Crippen molar-refractivity contribution in [1.29, 1.82) is 0 Å². The van der Waals surface area contributed by atoms with Crippen LogP contribution >= 0.6 is 0 Å². The van der Waals surface area contributed by atoms with E-state index >= 15 is 0 Å². The molecule has 0 aliphatic heterocycles. The number of hydrogen-bond acceptors (Lipinski definition) is 3. The molecule has 0 unspecified atom stereocenters. The molecule has 0 aliphatic rings. The number of nitrogens with zero attached hydrogens (tertiary/aromatic N) is 1. The fraction of sp³-hybridized carbons (Fsp3) is 0.226. The molecule has 0 fully saturated rings. The van der Waals surface area contributed by atoms with Gasteiger partial charge < -0.3 is 14.4 Å². The van der Waals surface area contributed by atoms with Gasteiger partial charge in [-0.05, 0) is 79.7 Å². The van der Waals surface area contributed by atoms with Crippen molar-refractivity contribution in [3.8, 4) is 23.0 Å². The molecule has 0 amide bonds. The summed E-state index contributed by atoms with van der Waals surface area (Å²) in [4.78, 5) is 2.14. The maximum atomic E-state index is 5.97. The van der Waals surface area contributed by atoms with Crippen LogP contribution in [0.2, 0.25) is 0 Å². The Labute approximate surface area is 205 Å². The van der Waals surface area contributed by atoms with Gasteiger partial charge in [-0.25, -0.2) is 0 Å². The highest BCUT2D eigenvalue weighted by Crippen LogP contribution is 2.29. The first kappa shape index (κ1) is 26.5. The maximum absolute atomic E-state index is 5.97. The van der Waals surface area contributed by atoms with Gasteiger partial charge in [0.1, 0.15) is 23.0 Å². The van der Waals surface area contributed by atoms with E-state index in [0.29, 0.717) is 0 Å². The number of rotatable bonds is 6. The highest BCUT2D eigenvalue weighted by Gasteiger charge is 2.05. The van der Waals surface area contributed by atoms with Crippen molar-refractivity contribution in [1.82, 2.24) is 0 Å². The average Bonchev–Trinajstić information content (AvgIpc) is 2.89. The van der Waals surface area contributed by atoms with Crippen molar-refractivity contribution in [3.05, 3.63) is 109 Å². The molecule has 0 spiro atoms. The Bertz CT molecular complexity index is 1060. The summed E-state index contributed by atoms with van der Waals surface area (Å²) in [5.41, 5.74) is 3.46. The van der Waals surface area contributed by atoms with E-state index in [4.69, 9.17) is 9.47 Å². The normalized spacial score (nSPS) is 9.59. The van der Waals surface area contributed by atoms with Crippen molar-refractivity contribution in [2.24, 2.45) is 0 Å². The quantitative estimate of drug-likeness (QED) is 0.289. The number of ether oxygens (including phenoxy) is 2. The van der Waals surface area contributed by atoms with Crippen LogP contribution in [0.25, 0.3) is 0 Å². The summed E-state index contributed by atoms with van der Waals surface area (Å²) in [6.45, 7) is 10.3. The van der Waals surface area contributed by atoms with E-state index in [1.165, 1.54) is 12.0 Å². The summed E-state index contributed by atoms with van der Waals surface area (Å²) in [5, 5.41) is 0. The first-order valence-corrected chi connectivity index (χ1v) is 12.0. The molecule has 3 nitrogen and oxygen atoms in total. The molecule has 0 aromatic heterocycles. The smallest absolute Gasteiger partial charge is 0.127 e. The van der Waals surface area contributed by atoms with Gasteiger partial charge in [-0.1, -0.05) is 70.0 Å². The van der Waals surface area contributed by atoms with Gasteiger partial charge in [-0.2, -0.15) is 0 Å². The van der Waals surface area contributed by atoms with Crippen molar-refractivity contribution in [2.45, 2.75) is 41.0 Å². The Morgan fingerprint density at radius 3 is 1.26 bits per heavy atom. The minimum absolute atomic E-state index is 0.769. The lowest BCUT2D eigenvalue weighted by atomic mass is 10.2. The number of benzene rings is 4. The predicted molar refractivity (Wildman–Crippen MR) is 146 cm³/mol. The van der Waals surface area contributed by atoms with Crippen LogP contribution in [0, 0.1) is 6.92 Å². The Kier molecular flexibility index (Phi) is 11.3. The molecule has 0 saturated heterocycles. The molecule has 0 radical (unpaired) electrons. The van der Waals surface area contributed by atoms with Crippen LogP contribution in [0.3, 0.4) is 0 Å². The van der Waals surface area contributed by atoms with Crippen LogP contribution in [0.5, 0.6) is 23.0 Å². The molecule has 0 aliphatic carbocycles. The fourth-order valence-electron chi connectivity index (χ4n) is 2.99. The summed E-state index contributed by atoms with van der Waals surface area (Å²) in [7, 11) is 2.05. The molecule has 3 heteroatoms. The van der Waals surface area contributed by atoms with Gasteiger partial charge >= 0.3 is 0 Å². The third-order valence-corrected chi connectivity index (χ3v) is 4.68. The van der Waals surface area contributed by atoms with Crippen LogP contribution in [0.4, 0.5) is 11.4 Å². The van der Waals surface area contributed by atoms with E-state index < -0.39 is 0 Å². The molecule has 34 heavy (non-hydrogen) atoms. The van der Waals surface area contributed by atoms with Gasteiger partial charge in [0.25, 0.3) is 0 Å². The van der Waals surface area contributed by atoms with Gasteiger partial charge in [-0.3, -0.25) is 0 Å². The van der Waals surface area contributed by atoms with E-state index in [1.807, 2.05) is 92.7 Å². The van der Waals surface area contributed by atoms with Crippen LogP contribution in [-0.2, 0) is 0 Å². The summed E-state index contributed by atoms with van der Waals surface area (Å²) < 4.78 is 11.8. The van der Waals surface area contributed by atoms with Gasteiger partial charge in [0.15, 0.2) is 0 Å². The van der Waals surface area contributed by atoms with Crippen molar-refractivity contribution in [3.63, 3.8) is 0 Å². The minimum Gasteiger partial charge on any atom is -0.457 e. The van der Waals surface area contributed by atoms with Crippen LogP contribution in [-0.4, -0.2) is 7.05 Å². The lowest BCUT2D eigenvalue weighted by Crippen LogP contribution is -2.08. The third-order valence-electron chi connectivity index (χ3n) is 4.68. The number of anilines is 2. The lowest BCUT2D eigenvalue weighted by molar-refractivity contribution is 0.469. The average molecular weight is 456 g/mol. The Balaban J connectivity index is 0.000000758. The van der Waals surface area contributed by atoms with E-state index in [-0.39, 0.29) is 0 Å². The molecule has 4 aromatic rings. The summed E-state index contributed by atoms with van der Waals surface area (Å²) in [5.74, 6) is 3.16. The SMILES string of the molecule is CC.CCC.Cc1ccc(Oc2ccc(Oc3ccc(N(C)c4ccccc4)cc3)cc2)cc1. The van der Waals surface area contributed by atoms with Crippen LogP contribution in [0.15, 0.2) is 103 Å². The van der Waals surface area contributed by atoms with Crippen LogP contribution in [0.1, 0.15) is 39.7 Å². The number of para-hydroxylation sites is 1. The third kappa shape index (κ3) is 8.32. The highest BCUT2D eigenvalue weighted by molar-refractivity contribution is 5.63. The first-order chi connectivity index (χ1) is 16.6. The second-order valence-electron chi connectivity index (χ2n) is 7.58. The van der Waals surface area contributed by atoms with E-state index in [1.54, 1.807) is 0 Å². The predicted octanol–water partition coefficient (Wildman–Crippen LogP) is 9.79. The monoisotopic (exact) mass is 455 g/mol. The standard InChI is InChI=1S/C26H23NO2.C3H8.C2H6/c1-20-8-12-23(13-9-20)28-25-16-18-26(19-17-25)29-24-14-10-22(11-15-24)27(2)21-6-4-3-5-7-21;1-3-2;1-2/h3-19H,1-2H3;3H2,1-2H3;1-2H3. The summed E-state index contributed by atoms with van der Waals surface area (Å²) in [6, 6.07) is 34.0. The molecule has 0 N–H and O–H groups in total. The van der Waals surface area contributed by atoms with Gasteiger partial charge in [0.2, 0.25) is 0 Å². The summed E-state index contributed by atoms with van der Waals surface area (Å²) in [6.07, 6.45) is 1.25. The Morgan fingerprint density at radius 2 is 0.853 bits per heavy atom. The first-order valence-electron chi connectivity index (χ1n) is 12.0. The van der Waals surface area contributed by atoms with E-state index in [2.05, 4.69) is 57.0 Å². The van der Waals surface area contributed by atoms with Gasteiger partial charge in [0, 0.05) is 18.4 Å². The second kappa shape index (κ2) is 14.4. The molecule has 0 heterocycles. The highest BCUT2D eigenvalue weighted by atomic mass is 16.5. The zero-order chi connectivity index (χ0) is 24.8. The minimum atomic E-state index is 0.769. The zero-order valence-corrected chi connectivity index (χ0v) is 21.3. The largest absolute Gasteiger partial charge is 0.457 e. The Hall–Kier alpha value is -3.72. The molecular weight excluding hydrogens is 418 g/mol. The molecule has 0 atom stereocenters. The van der Waals surface area contributed by atoms with E-state index in [0.717, 1.165) is 34.4 Å². The van der Waals surface area contributed by atoms with E-state index in [9.17, 15) is 0 Å². The lowest BCUT2D eigenvalue weighted by Gasteiger charge is -2.19.